The number of aromatic nitrogens is 1. The molecule has 5 heteroatoms. The van der Waals surface area contributed by atoms with Crippen LogP contribution in [0, 0.1) is 13.8 Å². The highest BCUT2D eigenvalue weighted by molar-refractivity contribution is 5.73. The lowest BCUT2D eigenvalue weighted by Gasteiger charge is -2.11. The molecule has 0 radical (unpaired) electrons. The number of nitrogens with zero attached hydrogens (tertiary/aromatic N) is 1. The number of ether oxygens (including phenoxy) is 4. The molecule has 0 spiro atoms. The first kappa shape index (κ1) is 15.1. The standard InChI is InChI=1S/C21H17NO4/c1-12-6-18-20(25-10-23-18)8-14(12)16-4-3-5-17(22-16)15-9-21-19(7-13(15)2)24-11-26-21/h3-9H,10-11H2,1-2H3. The lowest BCUT2D eigenvalue weighted by atomic mass is 10.0. The molecule has 0 amide bonds. The number of hydrogen-bond acceptors (Lipinski definition) is 5. The molecule has 5 nitrogen and oxygen atoms in total. The van der Waals surface area contributed by atoms with Gasteiger partial charge >= 0.3 is 0 Å². The normalized spacial score (nSPS) is 13.9. The van der Waals surface area contributed by atoms with E-state index >= 15 is 0 Å². The third kappa shape index (κ3) is 2.36. The van der Waals surface area contributed by atoms with E-state index in [4.69, 9.17) is 23.9 Å². The van der Waals surface area contributed by atoms with Gasteiger partial charge in [0.15, 0.2) is 23.0 Å². The van der Waals surface area contributed by atoms with Crippen molar-refractivity contribution in [3.05, 3.63) is 53.6 Å². The molecular weight excluding hydrogens is 330 g/mol. The first-order valence-corrected chi connectivity index (χ1v) is 8.47. The Kier molecular flexibility index (Phi) is 3.28. The smallest absolute Gasteiger partial charge is 0.231 e. The molecule has 130 valence electrons. The quantitative estimate of drug-likeness (QED) is 0.684. The topological polar surface area (TPSA) is 49.8 Å². The van der Waals surface area contributed by atoms with Crippen LogP contribution < -0.4 is 18.9 Å². The first-order chi connectivity index (χ1) is 12.7. The predicted molar refractivity (Wildman–Crippen MR) is 96.8 cm³/mol. The van der Waals surface area contributed by atoms with Gasteiger partial charge in [0.1, 0.15) is 0 Å². The number of pyridine rings is 1. The van der Waals surface area contributed by atoms with E-state index in [-0.39, 0.29) is 13.6 Å². The van der Waals surface area contributed by atoms with E-state index in [1.807, 2.05) is 42.5 Å². The third-order valence-electron chi connectivity index (χ3n) is 4.74. The van der Waals surface area contributed by atoms with Crippen LogP contribution >= 0.6 is 0 Å². The van der Waals surface area contributed by atoms with Crippen LogP contribution in [0.25, 0.3) is 22.5 Å². The number of rotatable bonds is 2. The Morgan fingerprint density at radius 3 is 1.54 bits per heavy atom. The molecule has 0 aliphatic carbocycles. The van der Waals surface area contributed by atoms with Crippen molar-refractivity contribution >= 4 is 0 Å². The van der Waals surface area contributed by atoms with Crippen LogP contribution in [0.2, 0.25) is 0 Å². The molecule has 0 saturated heterocycles. The van der Waals surface area contributed by atoms with Crippen molar-refractivity contribution in [3.8, 4) is 45.5 Å². The van der Waals surface area contributed by atoms with Crippen molar-refractivity contribution in [2.24, 2.45) is 0 Å². The Bertz CT molecular complexity index is 950. The average Bonchev–Trinajstić information content (AvgIpc) is 3.28. The molecule has 0 fully saturated rings. The summed E-state index contributed by atoms with van der Waals surface area (Å²) in [4.78, 5) is 4.89. The molecule has 2 aliphatic heterocycles. The molecule has 0 unspecified atom stereocenters. The Hall–Kier alpha value is -3.21. The van der Waals surface area contributed by atoms with Crippen molar-refractivity contribution in [3.63, 3.8) is 0 Å². The zero-order valence-corrected chi connectivity index (χ0v) is 14.5. The average molecular weight is 347 g/mol. The summed E-state index contributed by atoms with van der Waals surface area (Å²) in [7, 11) is 0. The van der Waals surface area contributed by atoms with Crippen LogP contribution in [0.1, 0.15) is 11.1 Å². The second-order valence-electron chi connectivity index (χ2n) is 6.45. The van der Waals surface area contributed by atoms with Crippen LogP contribution in [0.5, 0.6) is 23.0 Å². The minimum Gasteiger partial charge on any atom is -0.454 e. The van der Waals surface area contributed by atoms with Crippen molar-refractivity contribution < 1.29 is 18.9 Å². The summed E-state index contributed by atoms with van der Waals surface area (Å²) in [6.45, 7) is 4.64. The van der Waals surface area contributed by atoms with Crippen molar-refractivity contribution in [2.45, 2.75) is 13.8 Å². The Morgan fingerprint density at radius 1 is 0.654 bits per heavy atom. The molecular formula is C21H17NO4. The van der Waals surface area contributed by atoms with Crippen LogP contribution in [0.15, 0.2) is 42.5 Å². The summed E-state index contributed by atoms with van der Waals surface area (Å²) in [5, 5.41) is 0. The van der Waals surface area contributed by atoms with E-state index in [9.17, 15) is 0 Å². The second kappa shape index (κ2) is 5.66. The summed E-state index contributed by atoms with van der Waals surface area (Å²) in [5.74, 6) is 3.09. The lowest BCUT2D eigenvalue weighted by molar-refractivity contribution is 0.173. The van der Waals surface area contributed by atoms with Gasteiger partial charge in [-0.3, -0.25) is 0 Å². The van der Waals surface area contributed by atoms with Crippen LogP contribution in [-0.4, -0.2) is 18.6 Å². The maximum atomic E-state index is 5.52. The number of benzene rings is 2. The first-order valence-electron chi connectivity index (χ1n) is 8.47. The number of hydrogen-bond donors (Lipinski definition) is 0. The van der Waals surface area contributed by atoms with E-state index in [0.717, 1.165) is 56.6 Å². The molecule has 3 aromatic rings. The molecule has 2 aliphatic rings. The van der Waals surface area contributed by atoms with Crippen molar-refractivity contribution in [1.29, 1.82) is 0 Å². The highest BCUT2D eigenvalue weighted by Gasteiger charge is 2.19. The van der Waals surface area contributed by atoms with E-state index in [1.54, 1.807) is 0 Å². The van der Waals surface area contributed by atoms with Gasteiger partial charge in [-0.25, -0.2) is 4.98 Å². The Balaban J connectivity index is 1.61. The van der Waals surface area contributed by atoms with Gasteiger partial charge in [-0.2, -0.15) is 0 Å². The Labute approximate surface area is 151 Å². The Morgan fingerprint density at radius 2 is 1.08 bits per heavy atom. The van der Waals surface area contributed by atoms with Gasteiger partial charge in [-0.1, -0.05) is 6.07 Å². The molecule has 0 N–H and O–H groups in total. The third-order valence-corrected chi connectivity index (χ3v) is 4.74. The van der Waals surface area contributed by atoms with Gasteiger partial charge in [0.25, 0.3) is 0 Å². The van der Waals surface area contributed by atoms with Crippen LogP contribution in [0.3, 0.4) is 0 Å². The molecule has 3 heterocycles. The number of fused-ring (bicyclic) bond motifs is 2. The molecule has 2 aromatic carbocycles. The minimum atomic E-state index is 0.266. The fourth-order valence-electron chi connectivity index (χ4n) is 3.37. The summed E-state index contributed by atoms with van der Waals surface area (Å²) in [6, 6.07) is 14.0. The molecule has 1 aromatic heterocycles. The SMILES string of the molecule is Cc1cc2c(cc1-c1cccc(-c3cc4c(cc3C)OCO4)n1)OCO2. The van der Waals surface area contributed by atoms with Crippen LogP contribution in [-0.2, 0) is 0 Å². The zero-order valence-electron chi connectivity index (χ0n) is 14.5. The van der Waals surface area contributed by atoms with Crippen molar-refractivity contribution in [2.75, 3.05) is 13.6 Å². The maximum absolute atomic E-state index is 5.52. The maximum Gasteiger partial charge on any atom is 0.231 e. The monoisotopic (exact) mass is 347 g/mol. The highest BCUT2D eigenvalue weighted by Crippen LogP contribution is 2.40. The largest absolute Gasteiger partial charge is 0.454 e. The van der Waals surface area contributed by atoms with Gasteiger partial charge in [-0.15, -0.1) is 0 Å². The minimum absolute atomic E-state index is 0.266. The van der Waals surface area contributed by atoms with Crippen molar-refractivity contribution in [1.82, 2.24) is 4.98 Å². The van der Waals surface area contributed by atoms with E-state index in [2.05, 4.69) is 13.8 Å². The van der Waals surface area contributed by atoms with Gasteiger partial charge in [0.2, 0.25) is 13.6 Å². The molecule has 0 bridgehead atoms. The summed E-state index contributed by atoms with van der Waals surface area (Å²) >= 11 is 0. The molecule has 0 saturated carbocycles. The van der Waals surface area contributed by atoms with E-state index in [1.165, 1.54) is 0 Å². The highest BCUT2D eigenvalue weighted by atomic mass is 16.7. The van der Waals surface area contributed by atoms with E-state index < -0.39 is 0 Å². The van der Waals surface area contributed by atoms with Gasteiger partial charge in [-0.05, 0) is 61.4 Å². The van der Waals surface area contributed by atoms with Gasteiger partial charge in [0.05, 0.1) is 11.4 Å². The summed E-state index contributed by atoms with van der Waals surface area (Å²) in [6.07, 6.45) is 0. The molecule has 0 atom stereocenters. The van der Waals surface area contributed by atoms with Gasteiger partial charge in [0, 0.05) is 11.1 Å². The number of aryl methyl sites for hydroxylation is 2. The molecule has 26 heavy (non-hydrogen) atoms. The second-order valence-corrected chi connectivity index (χ2v) is 6.45. The van der Waals surface area contributed by atoms with E-state index in [0.29, 0.717) is 0 Å². The molecule has 5 rings (SSSR count). The lowest BCUT2D eigenvalue weighted by Crippen LogP contribution is -1.93. The fourth-order valence-corrected chi connectivity index (χ4v) is 3.37. The fraction of sp³-hybridized carbons (Fsp3) is 0.190. The zero-order chi connectivity index (χ0) is 17.7. The van der Waals surface area contributed by atoms with Gasteiger partial charge < -0.3 is 18.9 Å². The summed E-state index contributed by atoms with van der Waals surface area (Å²) in [5.41, 5.74) is 6.07. The summed E-state index contributed by atoms with van der Waals surface area (Å²) < 4.78 is 21.9. The predicted octanol–water partition coefficient (Wildman–Crippen LogP) is 4.49. The van der Waals surface area contributed by atoms with Crippen LogP contribution in [0.4, 0.5) is 0 Å².